The minimum atomic E-state index is 0.628. The fraction of sp³-hybridized carbons (Fsp3) is 0.571. The van der Waals surface area contributed by atoms with Crippen LogP contribution in [0.3, 0.4) is 0 Å². The number of ether oxygens (including phenoxy) is 1. The highest BCUT2D eigenvalue weighted by Gasteiger charge is 2.20. The Labute approximate surface area is 98.0 Å². The van der Waals surface area contributed by atoms with Crippen molar-refractivity contribution in [2.75, 3.05) is 13.7 Å². The van der Waals surface area contributed by atoms with E-state index in [1.165, 1.54) is 30.4 Å². The molecule has 0 amide bonds. The molecule has 0 unspecified atom stereocenters. The minimum Gasteiger partial charge on any atom is -0.496 e. The van der Waals surface area contributed by atoms with Gasteiger partial charge in [-0.1, -0.05) is 19.1 Å². The van der Waals surface area contributed by atoms with Crippen molar-refractivity contribution in [3.05, 3.63) is 29.3 Å². The van der Waals surface area contributed by atoms with E-state index in [9.17, 15) is 0 Å². The zero-order chi connectivity index (χ0) is 11.4. The maximum absolute atomic E-state index is 5.44. The third kappa shape index (κ3) is 2.38. The first kappa shape index (κ1) is 11.5. The molecule has 16 heavy (non-hydrogen) atoms. The van der Waals surface area contributed by atoms with Gasteiger partial charge in [-0.3, -0.25) is 0 Å². The van der Waals surface area contributed by atoms with Crippen molar-refractivity contribution in [2.45, 2.75) is 38.6 Å². The molecule has 1 aromatic carbocycles. The van der Waals surface area contributed by atoms with Crippen LogP contribution in [0.15, 0.2) is 18.2 Å². The molecule has 2 rings (SSSR count). The summed E-state index contributed by atoms with van der Waals surface area (Å²) in [6, 6.07) is 7.02. The van der Waals surface area contributed by atoms with E-state index in [1.54, 1.807) is 7.11 Å². The molecule has 0 bridgehead atoms. The smallest absolute Gasteiger partial charge is 0.122 e. The monoisotopic (exact) mass is 219 g/mol. The lowest BCUT2D eigenvalue weighted by Gasteiger charge is -2.26. The van der Waals surface area contributed by atoms with E-state index in [-0.39, 0.29) is 0 Å². The van der Waals surface area contributed by atoms with Crippen LogP contribution in [0.2, 0.25) is 0 Å². The summed E-state index contributed by atoms with van der Waals surface area (Å²) in [5.74, 6) is 1.06. The fourth-order valence-corrected chi connectivity index (χ4v) is 2.47. The molecular weight excluding hydrogens is 198 g/mol. The standard InChI is InChI=1S/C14H21NO/c1-3-9-15-12-8-7-11-5-4-6-14(16-2)13(11)10-12/h4-6,12,15H,3,7-10H2,1-2H3/t12-/m1/s1. The number of rotatable bonds is 4. The summed E-state index contributed by atoms with van der Waals surface area (Å²) in [5, 5.41) is 3.61. The van der Waals surface area contributed by atoms with Crippen molar-refractivity contribution in [1.82, 2.24) is 5.32 Å². The van der Waals surface area contributed by atoms with Crippen LogP contribution in [-0.4, -0.2) is 19.7 Å². The van der Waals surface area contributed by atoms with Gasteiger partial charge in [-0.25, -0.2) is 0 Å². The Morgan fingerprint density at radius 2 is 2.31 bits per heavy atom. The Hall–Kier alpha value is -1.02. The van der Waals surface area contributed by atoms with Gasteiger partial charge < -0.3 is 10.1 Å². The molecule has 0 heterocycles. The van der Waals surface area contributed by atoms with Gasteiger partial charge in [0.05, 0.1) is 7.11 Å². The van der Waals surface area contributed by atoms with Crippen molar-refractivity contribution in [3.8, 4) is 5.75 Å². The Morgan fingerprint density at radius 3 is 3.06 bits per heavy atom. The molecule has 0 aromatic heterocycles. The Morgan fingerprint density at radius 1 is 1.44 bits per heavy atom. The van der Waals surface area contributed by atoms with Crippen molar-refractivity contribution in [2.24, 2.45) is 0 Å². The second-order valence-corrected chi connectivity index (χ2v) is 4.49. The zero-order valence-electron chi connectivity index (χ0n) is 10.3. The van der Waals surface area contributed by atoms with Crippen LogP contribution >= 0.6 is 0 Å². The molecule has 1 atom stereocenters. The maximum atomic E-state index is 5.44. The largest absolute Gasteiger partial charge is 0.496 e. The summed E-state index contributed by atoms with van der Waals surface area (Å²) in [6.07, 6.45) is 4.74. The zero-order valence-corrected chi connectivity index (χ0v) is 10.3. The number of fused-ring (bicyclic) bond motifs is 1. The van der Waals surface area contributed by atoms with Gasteiger partial charge in [0.2, 0.25) is 0 Å². The molecule has 2 nitrogen and oxygen atoms in total. The summed E-state index contributed by atoms with van der Waals surface area (Å²) < 4.78 is 5.44. The third-order valence-electron chi connectivity index (χ3n) is 3.35. The highest BCUT2D eigenvalue weighted by molar-refractivity contribution is 5.42. The fourth-order valence-electron chi connectivity index (χ4n) is 2.47. The molecule has 0 fully saturated rings. The topological polar surface area (TPSA) is 21.3 Å². The number of hydrogen-bond donors (Lipinski definition) is 1. The molecule has 0 aliphatic heterocycles. The van der Waals surface area contributed by atoms with Gasteiger partial charge in [0.1, 0.15) is 5.75 Å². The van der Waals surface area contributed by atoms with Crippen molar-refractivity contribution in [1.29, 1.82) is 0 Å². The number of methoxy groups -OCH3 is 1. The number of nitrogens with one attached hydrogen (secondary N) is 1. The summed E-state index contributed by atoms with van der Waals surface area (Å²) in [7, 11) is 1.76. The normalized spacial score (nSPS) is 19.2. The first-order valence-electron chi connectivity index (χ1n) is 6.23. The molecule has 0 saturated heterocycles. The first-order valence-corrected chi connectivity index (χ1v) is 6.23. The van der Waals surface area contributed by atoms with Crippen molar-refractivity contribution < 1.29 is 4.74 Å². The Bertz CT molecular complexity index is 334. The molecule has 2 heteroatoms. The van der Waals surface area contributed by atoms with E-state index >= 15 is 0 Å². The van der Waals surface area contributed by atoms with E-state index in [4.69, 9.17) is 4.74 Å². The molecule has 1 aliphatic carbocycles. The first-order chi connectivity index (χ1) is 7.85. The minimum absolute atomic E-state index is 0.628. The summed E-state index contributed by atoms with van der Waals surface area (Å²) in [5.41, 5.74) is 2.87. The van der Waals surface area contributed by atoms with Gasteiger partial charge >= 0.3 is 0 Å². The Balaban J connectivity index is 2.11. The molecule has 88 valence electrons. The third-order valence-corrected chi connectivity index (χ3v) is 3.35. The van der Waals surface area contributed by atoms with Gasteiger partial charge in [-0.15, -0.1) is 0 Å². The maximum Gasteiger partial charge on any atom is 0.122 e. The number of benzene rings is 1. The van der Waals surface area contributed by atoms with Gasteiger partial charge in [-0.05, 0) is 49.4 Å². The predicted octanol–water partition coefficient (Wildman–Crippen LogP) is 2.55. The van der Waals surface area contributed by atoms with Crippen molar-refractivity contribution >= 4 is 0 Å². The van der Waals surface area contributed by atoms with Crippen LogP contribution in [0.1, 0.15) is 30.9 Å². The summed E-state index contributed by atoms with van der Waals surface area (Å²) >= 11 is 0. The lowest BCUT2D eigenvalue weighted by molar-refractivity contribution is 0.394. The van der Waals surface area contributed by atoms with E-state index < -0.39 is 0 Å². The molecule has 0 saturated carbocycles. The highest BCUT2D eigenvalue weighted by atomic mass is 16.5. The molecule has 1 N–H and O–H groups in total. The highest BCUT2D eigenvalue weighted by Crippen LogP contribution is 2.29. The Kier molecular flexibility index (Phi) is 3.83. The van der Waals surface area contributed by atoms with E-state index in [1.807, 2.05) is 0 Å². The molecule has 0 spiro atoms. The average molecular weight is 219 g/mol. The van der Waals surface area contributed by atoms with Gasteiger partial charge in [0.25, 0.3) is 0 Å². The number of hydrogen-bond acceptors (Lipinski definition) is 2. The SMILES string of the molecule is CCCN[C@@H]1CCc2cccc(OC)c2C1. The van der Waals surface area contributed by atoms with Crippen LogP contribution in [0.25, 0.3) is 0 Å². The summed E-state index contributed by atoms with van der Waals surface area (Å²) in [6.45, 7) is 3.33. The summed E-state index contributed by atoms with van der Waals surface area (Å²) in [4.78, 5) is 0. The van der Waals surface area contributed by atoms with Crippen LogP contribution < -0.4 is 10.1 Å². The predicted molar refractivity (Wildman–Crippen MR) is 67.1 cm³/mol. The second kappa shape index (κ2) is 5.35. The second-order valence-electron chi connectivity index (χ2n) is 4.49. The molecule has 0 radical (unpaired) electrons. The molecular formula is C14H21NO. The van der Waals surface area contributed by atoms with Crippen LogP contribution in [0.5, 0.6) is 5.75 Å². The average Bonchev–Trinajstić information content (AvgIpc) is 2.35. The van der Waals surface area contributed by atoms with Gasteiger partial charge in [0.15, 0.2) is 0 Å². The van der Waals surface area contributed by atoms with E-state index in [0.717, 1.165) is 18.7 Å². The van der Waals surface area contributed by atoms with Crippen LogP contribution in [0.4, 0.5) is 0 Å². The van der Waals surface area contributed by atoms with Crippen LogP contribution in [-0.2, 0) is 12.8 Å². The number of aryl methyl sites for hydroxylation is 1. The van der Waals surface area contributed by atoms with E-state index in [0.29, 0.717) is 6.04 Å². The van der Waals surface area contributed by atoms with Crippen molar-refractivity contribution in [3.63, 3.8) is 0 Å². The van der Waals surface area contributed by atoms with Crippen LogP contribution in [0, 0.1) is 0 Å². The lowest BCUT2D eigenvalue weighted by atomic mass is 9.87. The van der Waals surface area contributed by atoms with Gasteiger partial charge in [0, 0.05) is 6.04 Å². The quantitative estimate of drug-likeness (QED) is 0.840. The molecule has 1 aromatic rings. The molecule has 1 aliphatic rings. The van der Waals surface area contributed by atoms with Gasteiger partial charge in [-0.2, -0.15) is 0 Å². The van der Waals surface area contributed by atoms with E-state index in [2.05, 4.69) is 30.4 Å². The lowest BCUT2D eigenvalue weighted by Crippen LogP contribution is -2.35.